The summed E-state index contributed by atoms with van der Waals surface area (Å²) in [6.07, 6.45) is 6.93. The summed E-state index contributed by atoms with van der Waals surface area (Å²) < 4.78 is 0. The lowest BCUT2D eigenvalue weighted by Crippen LogP contribution is -2.40. The van der Waals surface area contributed by atoms with Crippen molar-refractivity contribution in [1.29, 1.82) is 0 Å². The fourth-order valence-corrected chi connectivity index (χ4v) is 4.18. The third kappa shape index (κ3) is 5.08. The zero-order chi connectivity index (χ0) is 19.2. The summed E-state index contributed by atoms with van der Waals surface area (Å²) in [4.78, 5) is 38.0. The standard InChI is InChI=1S/C21H28N2O4/c24-19(11-10-15-6-4-5-9-18(15)21(26)27)22-17-12-13-23(14-17)20(25)16-7-2-1-3-8-16/h4-6,9,16-17H,1-3,7-8,10-14H2,(H,22,24)(H,26,27). The first-order valence-electron chi connectivity index (χ1n) is 9.94. The number of nitrogens with zero attached hydrogens (tertiary/aromatic N) is 1. The minimum atomic E-state index is -0.973. The van der Waals surface area contributed by atoms with E-state index in [0.717, 1.165) is 32.1 Å². The van der Waals surface area contributed by atoms with Crippen LogP contribution in [0.25, 0.3) is 0 Å². The van der Waals surface area contributed by atoms with Crippen LogP contribution in [0.4, 0.5) is 0 Å². The monoisotopic (exact) mass is 372 g/mol. The Morgan fingerprint density at radius 3 is 2.56 bits per heavy atom. The van der Waals surface area contributed by atoms with E-state index in [-0.39, 0.29) is 35.8 Å². The van der Waals surface area contributed by atoms with Crippen LogP contribution in [0.15, 0.2) is 24.3 Å². The molecule has 2 aliphatic rings. The summed E-state index contributed by atoms with van der Waals surface area (Å²) in [6.45, 7) is 1.30. The molecule has 1 atom stereocenters. The van der Waals surface area contributed by atoms with Crippen molar-refractivity contribution < 1.29 is 19.5 Å². The van der Waals surface area contributed by atoms with Crippen LogP contribution < -0.4 is 5.32 Å². The van der Waals surface area contributed by atoms with Gasteiger partial charge in [0.05, 0.1) is 5.56 Å². The zero-order valence-corrected chi connectivity index (χ0v) is 15.7. The molecule has 1 aromatic carbocycles. The molecular formula is C21H28N2O4. The summed E-state index contributed by atoms with van der Waals surface area (Å²) in [6, 6.07) is 6.77. The third-order valence-electron chi connectivity index (χ3n) is 5.69. The Labute approximate surface area is 159 Å². The summed E-state index contributed by atoms with van der Waals surface area (Å²) in [7, 11) is 0. The number of hydrogen-bond donors (Lipinski definition) is 2. The molecule has 1 aliphatic heterocycles. The van der Waals surface area contributed by atoms with Crippen molar-refractivity contribution >= 4 is 17.8 Å². The predicted molar refractivity (Wildman–Crippen MR) is 101 cm³/mol. The summed E-state index contributed by atoms with van der Waals surface area (Å²) in [5.41, 5.74) is 0.913. The lowest BCUT2D eigenvalue weighted by molar-refractivity contribution is -0.135. The summed E-state index contributed by atoms with van der Waals surface area (Å²) in [5.74, 6) is -0.645. The van der Waals surface area contributed by atoms with Crippen LogP contribution >= 0.6 is 0 Å². The average Bonchev–Trinajstić information content (AvgIpc) is 3.15. The molecule has 0 bridgehead atoms. The molecule has 1 aromatic rings. The van der Waals surface area contributed by atoms with Crippen molar-refractivity contribution in [2.24, 2.45) is 5.92 Å². The van der Waals surface area contributed by atoms with Crippen LogP contribution in [0, 0.1) is 5.92 Å². The van der Waals surface area contributed by atoms with Crippen molar-refractivity contribution in [3.05, 3.63) is 35.4 Å². The second kappa shape index (κ2) is 9.02. The van der Waals surface area contributed by atoms with Gasteiger partial charge in [-0.3, -0.25) is 9.59 Å². The number of carboxylic acids is 1. The van der Waals surface area contributed by atoms with Crippen LogP contribution in [0.1, 0.15) is 60.9 Å². The van der Waals surface area contributed by atoms with E-state index in [1.54, 1.807) is 24.3 Å². The second-order valence-corrected chi connectivity index (χ2v) is 7.63. The molecule has 0 spiro atoms. The normalized spacial score (nSPS) is 20.4. The first kappa shape index (κ1) is 19.4. The minimum absolute atomic E-state index is 0.000224. The number of carboxylic acid groups (broad SMARTS) is 1. The van der Waals surface area contributed by atoms with Gasteiger partial charge in [-0.2, -0.15) is 0 Å². The zero-order valence-electron chi connectivity index (χ0n) is 15.7. The largest absolute Gasteiger partial charge is 0.478 e. The Balaban J connectivity index is 1.45. The van der Waals surface area contributed by atoms with Gasteiger partial charge in [-0.05, 0) is 37.3 Å². The van der Waals surface area contributed by atoms with E-state index in [9.17, 15) is 19.5 Å². The number of benzene rings is 1. The number of likely N-dealkylation sites (tertiary alicyclic amines) is 1. The lowest BCUT2D eigenvalue weighted by atomic mass is 9.88. The number of aryl methyl sites for hydroxylation is 1. The van der Waals surface area contributed by atoms with Gasteiger partial charge in [0.1, 0.15) is 0 Å². The fraction of sp³-hybridized carbons (Fsp3) is 0.571. The van der Waals surface area contributed by atoms with Crippen LogP contribution in [0.2, 0.25) is 0 Å². The quantitative estimate of drug-likeness (QED) is 0.804. The van der Waals surface area contributed by atoms with Crippen molar-refractivity contribution in [3.63, 3.8) is 0 Å². The van der Waals surface area contributed by atoms with Gasteiger partial charge >= 0.3 is 5.97 Å². The Kier molecular flexibility index (Phi) is 6.48. The highest BCUT2D eigenvalue weighted by molar-refractivity contribution is 5.89. The highest BCUT2D eigenvalue weighted by Gasteiger charge is 2.32. The van der Waals surface area contributed by atoms with Crippen molar-refractivity contribution in [3.8, 4) is 0 Å². The van der Waals surface area contributed by atoms with Crippen LogP contribution in [-0.2, 0) is 16.0 Å². The molecule has 6 heteroatoms. The SMILES string of the molecule is O=C(CCc1ccccc1C(=O)O)NC1CCN(C(=O)C2CCCCC2)C1. The number of amides is 2. The Bertz CT molecular complexity index is 697. The molecular weight excluding hydrogens is 344 g/mol. The number of hydrogen-bond acceptors (Lipinski definition) is 3. The molecule has 6 nitrogen and oxygen atoms in total. The predicted octanol–water partition coefficient (Wildman–Crippen LogP) is 2.61. The maximum absolute atomic E-state index is 12.6. The molecule has 2 fully saturated rings. The third-order valence-corrected chi connectivity index (χ3v) is 5.69. The fourth-order valence-electron chi connectivity index (χ4n) is 4.18. The molecule has 1 saturated heterocycles. The van der Waals surface area contributed by atoms with E-state index in [1.165, 1.54) is 6.42 Å². The highest BCUT2D eigenvalue weighted by Crippen LogP contribution is 2.26. The molecule has 146 valence electrons. The Morgan fingerprint density at radius 2 is 1.81 bits per heavy atom. The van der Waals surface area contributed by atoms with Crippen LogP contribution in [-0.4, -0.2) is 46.9 Å². The smallest absolute Gasteiger partial charge is 0.335 e. The molecule has 1 heterocycles. The molecule has 2 amide bonds. The highest BCUT2D eigenvalue weighted by atomic mass is 16.4. The maximum atomic E-state index is 12.6. The number of carbonyl (C=O) groups is 3. The van der Waals surface area contributed by atoms with Crippen LogP contribution in [0.3, 0.4) is 0 Å². The topological polar surface area (TPSA) is 86.7 Å². The van der Waals surface area contributed by atoms with E-state index in [1.807, 2.05) is 4.90 Å². The van der Waals surface area contributed by atoms with Crippen molar-refractivity contribution in [1.82, 2.24) is 10.2 Å². The van der Waals surface area contributed by atoms with Gasteiger partial charge in [0.2, 0.25) is 11.8 Å². The minimum Gasteiger partial charge on any atom is -0.478 e. The van der Waals surface area contributed by atoms with Gasteiger partial charge in [0, 0.05) is 31.5 Å². The summed E-state index contributed by atoms with van der Waals surface area (Å²) >= 11 is 0. The Morgan fingerprint density at radius 1 is 1.07 bits per heavy atom. The molecule has 1 unspecified atom stereocenters. The molecule has 1 saturated carbocycles. The van der Waals surface area contributed by atoms with E-state index in [0.29, 0.717) is 25.1 Å². The first-order valence-corrected chi connectivity index (χ1v) is 9.94. The lowest BCUT2D eigenvalue weighted by Gasteiger charge is -2.26. The molecule has 0 radical (unpaired) electrons. The molecule has 0 aromatic heterocycles. The molecule has 3 rings (SSSR count). The van der Waals surface area contributed by atoms with Gasteiger partial charge in [-0.1, -0.05) is 37.5 Å². The number of rotatable bonds is 6. The van der Waals surface area contributed by atoms with Gasteiger partial charge < -0.3 is 15.3 Å². The van der Waals surface area contributed by atoms with Gasteiger partial charge in [-0.25, -0.2) is 4.79 Å². The first-order chi connectivity index (χ1) is 13.0. The second-order valence-electron chi connectivity index (χ2n) is 7.63. The molecule has 1 aliphatic carbocycles. The van der Waals surface area contributed by atoms with E-state index in [4.69, 9.17) is 0 Å². The van der Waals surface area contributed by atoms with Crippen molar-refractivity contribution in [2.75, 3.05) is 13.1 Å². The van der Waals surface area contributed by atoms with Gasteiger partial charge in [0.15, 0.2) is 0 Å². The Hall–Kier alpha value is -2.37. The average molecular weight is 372 g/mol. The van der Waals surface area contributed by atoms with Crippen molar-refractivity contribution in [2.45, 2.75) is 57.4 Å². The van der Waals surface area contributed by atoms with E-state index in [2.05, 4.69) is 5.32 Å². The van der Waals surface area contributed by atoms with E-state index < -0.39 is 5.97 Å². The van der Waals surface area contributed by atoms with Gasteiger partial charge in [0.25, 0.3) is 0 Å². The molecule has 27 heavy (non-hydrogen) atoms. The van der Waals surface area contributed by atoms with Gasteiger partial charge in [-0.15, -0.1) is 0 Å². The number of carbonyl (C=O) groups excluding carboxylic acids is 2. The maximum Gasteiger partial charge on any atom is 0.335 e. The number of aromatic carboxylic acids is 1. The molecule has 2 N–H and O–H groups in total. The van der Waals surface area contributed by atoms with Crippen LogP contribution in [0.5, 0.6) is 0 Å². The number of nitrogens with one attached hydrogen (secondary N) is 1. The van der Waals surface area contributed by atoms with E-state index >= 15 is 0 Å². The summed E-state index contributed by atoms with van der Waals surface area (Å²) in [5, 5.41) is 12.2.